The molecule has 2 aromatic carbocycles. The number of aliphatic hydroxyl groups excluding tert-OH is 1. The van der Waals surface area contributed by atoms with Crippen molar-refractivity contribution in [1.82, 2.24) is 0 Å². The molecule has 4 nitrogen and oxygen atoms in total. The van der Waals surface area contributed by atoms with Crippen molar-refractivity contribution in [1.29, 1.82) is 0 Å². The second kappa shape index (κ2) is 8.54. The lowest BCUT2D eigenvalue weighted by atomic mass is 10.1. The summed E-state index contributed by atoms with van der Waals surface area (Å²) in [5, 5.41) is 9.75. The van der Waals surface area contributed by atoms with Gasteiger partial charge in [-0.3, -0.25) is 0 Å². The van der Waals surface area contributed by atoms with Gasteiger partial charge in [-0.2, -0.15) is 0 Å². The van der Waals surface area contributed by atoms with Crippen molar-refractivity contribution in [2.24, 2.45) is 5.73 Å². The molecule has 0 aliphatic heterocycles. The standard InChI is InChI=1S/C18H23NO3/c1-14(12-21-13-15-6-3-2-4-7-15)22-17-9-5-8-16(10-17)18(20)11-19/h2-10,14,18,20H,11-13,19H2,1H3/t14?,18-/m1/s1. The topological polar surface area (TPSA) is 64.7 Å². The summed E-state index contributed by atoms with van der Waals surface area (Å²) in [6.45, 7) is 3.22. The Morgan fingerprint density at radius 2 is 1.86 bits per heavy atom. The summed E-state index contributed by atoms with van der Waals surface area (Å²) in [6, 6.07) is 17.4. The maximum absolute atomic E-state index is 9.75. The number of hydrogen-bond donors (Lipinski definition) is 2. The van der Waals surface area contributed by atoms with Crippen LogP contribution in [0.4, 0.5) is 0 Å². The van der Waals surface area contributed by atoms with Gasteiger partial charge in [0.2, 0.25) is 0 Å². The first-order valence-electron chi connectivity index (χ1n) is 7.45. The van der Waals surface area contributed by atoms with Gasteiger partial charge in [0.05, 0.1) is 19.3 Å². The SMILES string of the molecule is CC(COCc1ccccc1)Oc1cccc([C@H](O)CN)c1. The smallest absolute Gasteiger partial charge is 0.120 e. The van der Waals surface area contributed by atoms with Crippen LogP contribution in [-0.4, -0.2) is 24.4 Å². The summed E-state index contributed by atoms with van der Waals surface area (Å²) in [6.07, 6.45) is -0.734. The Hall–Kier alpha value is -1.88. The molecule has 0 aliphatic rings. The lowest BCUT2D eigenvalue weighted by Crippen LogP contribution is -2.19. The Morgan fingerprint density at radius 1 is 1.09 bits per heavy atom. The van der Waals surface area contributed by atoms with Crippen LogP contribution in [0.15, 0.2) is 54.6 Å². The van der Waals surface area contributed by atoms with Crippen molar-refractivity contribution < 1.29 is 14.6 Å². The highest BCUT2D eigenvalue weighted by molar-refractivity contribution is 5.30. The number of benzene rings is 2. The molecule has 2 aromatic rings. The molecule has 4 heteroatoms. The predicted octanol–water partition coefficient (Wildman–Crippen LogP) is 2.66. The molecule has 2 atom stereocenters. The van der Waals surface area contributed by atoms with E-state index in [-0.39, 0.29) is 12.6 Å². The van der Waals surface area contributed by atoms with Gasteiger partial charge in [0.1, 0.15) is 11.9 Å². The van der Waals surface area contributed by atoms with Gasteiger partial charge >= 0.3 is 0 Å². The Balaban J connectivity index is 1.80. The van der Waals surface area contributed by atoms with Gasteiger partial charge < -0.3 is 20.3 Å². The molecule has 3 N–H and O–H groups in total. The molecule has 0 radical (unpaired) electrons. The van der Waals surface area contributed by atoms with Crippen LogP contribution in [-0.2, 0) is 11.3 Å². The summed E-state index contributed by atoms with van der Waals surface area (Å²) in [5.74, 6) is 0.709. The predicted molar refractivity (Wildman–Crippen MR) is 86.6 cm³/mol. The molecule has 0 saturated heterocycles. The van der Waals surface area contributed by atoms with Gasteiger partial charge in [0, 0.05) is 6.54 Å². The molecular formula is C18H23NO3. The molecule has 0 amide bonds. The van der Waals surface area contributed by atoms with Crippen molar-refractivity contribution in [2.45, 2.75) is 25.7 Å². The van der Waals surface area contributed by atoms with Crippen molar-refractivity contribution in [3.8, 4) is 5.75 Å². The number of aliphatic hydroxyl groups is 1. The van der Waals surface area contributed by atoms with E-state index in [1.807, 2.05) is 61.5 Å². The summed E-state index contributed by atoms with van der Waals surface area (Å²) in [4.78, 5) is 0. The van der Waals surface area contributed by atoms with Gasteiger partial charge in [-0.15, -0.1) is 0 Å². The largest absolute Gasteiger partial charge is 0.488 e. The molecule has 0 fully saturated rings. The van der Waals surface area contributed by atoms with Gasteiger partial charge in [0.15, 0.2) is 0 Å². The summed E-state index contributed by atoms with van der Waals surface area (Å²) in [7, 11) is 0. The third-order valence-electron chi connectivity index (χ3n) is 3.27. The second-order valence-electron chi connectivity index (χ2n) is 5.25. The number of ether oxygens (including phenoxy) is 2. The van der Waals surface area contributed by atoms with Crippen LogP contribution in [0, 0.1) is 0 Å². The number of hydrogen-bond acceptors (Lipinski definition) is 4. The molecule has 0 aromatic heterocycles. The third-order valence-corrected chi connectivity index (χ3v) is 3.27. The Labute approximate surface area is 131 Å². The molecule has 0 spiro atoms. The van der Waals surface area contributed by atoms with E-state index < -0.39 is 6.10 Å². The van der Waals surface area contributed by atoms with E-state index >= 15 is 0 Å². The van der Waals surface area contributed by atoms with E-state index in [0.717, 1.165) is 11.1 Å². The fourth-order valence-electron chi connectivity index (χ4n) is 2.11. The summed E-state index contributed by atoms with van der Waals surface area (Å²) >= 11 is 0. The minimum Gasteiger partial charge on any atom is -0.488 e. The van der Waals surface area contributed by atoms with Gasteiger partial charge in [-0.05, 0) is 30.2 Å². The third kappa shape index (κ3) is 5.15. The van der Waals surface area contributed by atoms with Crippen molar-refractivity contribution >= 4 is 0 Å². The quantitative estimate of drug-likeness (QED) is 0.787. The monoisotopic (exact) mass is 301 g/mol. The summed E-state index contributed by atoms with van der Waals surface area (Å²) < 4.78 is 11.5. The van der Waals surface area contributed by atoms with Gasteiger partial charge in [-0.1, -0.05) is 42.5 Å². The number of nitrogens with two attached hydrogens (primary N) is 1. The van der Waals surface area contributed by atoms with Crippen LogP contribution < -0.4 is 10.5 Å². The average Bonchev–Trinajstić information content (AvgIpc) is 2.55. The maximum atomic E-state index is 9.75. The van der Waals surface area contributed by atoms with Crippen LogP contribution in [0.1, 0.15) is 24.2 Å². The molecule has 1 unspecified atom stereocenters. The van der Waals surface area contributed by atoms with Gasteiger partial charge in [0.25, 0.3) is 0 Å². The van der Waals surface area contributed by atoms with Crippen LogP contribution >= 0.6 is 0 Å². The first-order valence-corrected chi connectivity index (χ1v) is 7.45. The van der Waals surface area contributed by atoms with Crippen molar-refractivity contribution in [3.63, 3.8) is 0 Å². The minimum absolute atomic E-state index is 0.0750. The highest BCUT2D eigenvalue weighted by Gasteiger charge is 2.08. The van der Waals surface area contributed by atoms with Crippen LogP contribution in [0.3, 0.4) is 0 Å². The fraction of sp³-hybridized carbons (Fsp3) is 0.333. The van der Waals surface area contributed by atoms with E-state index in [0.29, 0.717) is 19.0 Å². The lowest BCUT2D eigenvalue weighted by Gasteiger charge is -2.16. The number of rotatable bonds is 8. The molecule has 0 heterocycles. The zero-order valence-electron chi connectivity index (χ0n) is 12.8. The first kappa shape index (κ1) is 16.5. The zero-order valence-corrected chi connectivity index (χ0v) is 12.8. The van der Waals surface area contributed by atoms with Crippen molar-refractivity contribution in [2.75, 3.05) is 13.2 Å². The van der Waals surface area contributed by atoms with E-state index in [9.17, 15) is 5.11 Å². The Morgan fingerprint density at radius 3 is 2.59 bits per heavy atom. The first-order chi connectivity index (χ1) is 10.7. The Kier molecular flexibility index (Phi) is 6.40. The van der Waals surface area contributed by atoms with E-state index in [2.05, 4.69) is 0 Å². The highest BCUT2D eigenvalue weighted by Crippen LogP contribution is 2.19. The van der Waals surface area contributed by atoms with Gasteiger partial charge in [-0.25, -0.2) is 0 Å². The summed E-state index contributed by atoms with van der Waals surface area (Å²) in [5.41, 5.74) is 7.37. The Bertz CT molecular complexity index is 559. The van der Waals surface area contributed by atoms with Crippen LogP contribution in [0.5, 0.6) is 5.75 Å². The van der Waals surface area contributed by atoms with E-state index in [4.69, 9.17) is 15.2 Å². The molecule has 0 saturated carbocycles. The van der Waals surface area contributed by atoms with Crippen LogP contribution in [0.2, 0.25) is 0 Å². The highest BCUT2D eigenvalue weighted by atomic mass is 16.5. The van der Waals surface area contributed by atoms with Crippen molar-refractivity contribution in [3.05, 3.63) is 65.7 Å². The molecule has 0 aliphatic carbocycles. The lowest BCUT2D eigenvalue weighted by molar-refractivity contribution is 0.0491. The fourth-order valence-corrected chi connectivity index (χ4v) is 2.11. The average molecular weight is 301 g/mol. The zero-order chi connectivity index (χ0) is 15.8. The second-order valence-corrected chi connectivity index (χ2v) is 5.25. The molecule has 0 bridgehead atoms. The minimum atomic E-state index is -0.659. The molecule has 2 rings (SSSR count). The normalized spacial score (nSPS) is 13.6. The maximum Gasteiger partial charge on any atom is 0.120 e. The molecule has 22 heavy (non-hydrogen) atoms. The molecule has 118 valence electrons. The van der Waals surface area contributed by atoms with E-state index in [1.54, 1.807) is 0 Å². The molecular weight excluding hydrogens is 278 g/mol. The van der Waals surface area contributed by atoms with E-state index in [1.165, 1.54) is 0 Å². The van der Waals surface area contributed by atoms with Crippen LogP contribution in [0.25, 0.3) is 0 Å².